The molecule has 3 unspecified atom stereocenters. The Hall–Kier alpha value is -2.40. The summed E-state index contributed by atoms with van der Waals surface area (Å²) in [6.07, 6.45) is 18.6. The monoisotopic (exact) mass is 578 g/mol. The largest absolute Gasteiger partial charge is 0.640 e. The second kappa shape index (κ2) is 16.1. The maximum Gasteiger partial charge on any atom is 0.640 e. The van der Waals surface area contributed by atoms with Crippen molar-refractivity contribution >= 4 is 7.32 Å². The van der Waals surface area contributed by atoms with Crippen molar-refractivity contribution in [1.82, 2.24) is 0 Å². The second-order valence-corrected chi connectivity index (χ2v) is 13.4. The molecule has 0 aromatic heterocycles. The SMILES string of the molecule is c1ccc(C(OB(OC(c2ccccc2)C2CCCCC2)OC(c2ccccc2)C2CCCCC2)C2CCCCC2)cc1. The second-order valence-electron chi connectivity index (χ2n) is 13.4. The van der Waals surface area contributed by atoms with Gasteiger partial charge in [-0.05, 0) is 73.0 Å². The van der Waals surface area contributed by atoms with Crippen molar-refractivity contribution in [3.8, 4) is 0 Å². The lowest BCUT2D eigenvalue weighted by Gasteiger charge is -2.38. The molecule has 3 aromatic rings. The molecule has 0 N–H and O–H groups in total. The zero-order chi connectivity index (χ0) is 29.1. The van der Waals surface area contributed by atoms with Gasteiger partial charge in [0, 0.05) is 0 Å². The average Bonchev–Trinajstić information content (AvgIpc) is 3.10. The maximum absolute atomic E-state index is 7.22. The summed E-state index contributed by atoms with van der Waals surface area (Å²) in [4.78, 5) is 0. The summed E-state index contributed by atoms with van der Waals surface area (Å²) in [7, 11) is -0.744. The molecule has 0 radical (unpaired) electrons. The van der Waals surface area contributed by atoms with Gasteiger partial charge in [0.2, 0.25) is 0 Å². The van der Waals surface area contributed by atoms with Crippen LogP contribution in [0.1, 0.15) is 131 Å². The zero-order valence-electron chi connectivity index (χ0n) is 26.0. The van der Waals surface area contributed by atoms with Crippen molar-refractivity contribution < 1.29 is 14.0 Å². The molecule has 3 aliphatic rings. The first-order valence-electron chi connectivity index (χ1n) is 17.5. The highest BCUT2D eigenvalue weighted by Gasteiger charge is 2.40. The van der Waals surface area contributed by atoms with E-state index in [2.05, 4.69) is 91.0 Å². The summed E-state index contributed by atoms with van der Waals surface area (Å²) in [6.45, 7) is 0. The van der Waals surface area contributed by atoms with Crippen LogP contribution in [0.25, 0.3) is 0 Å². The van der Waals surface area contributed by atoms with Crippen LogP contribution in [-0.4, -0.2) is 7.32 Å². The fourth-order valence-corrected chi connectivity index (χ4v) is 8.08. The first kappa shape index (κ1) is 30.6. The molecule has 228 valence electrons. The van der Waals surface area contributed by atoms with Gasteiger partial charge in [0.1, 0.15) is 0 Å². The van der Waals surface area contributed by atoms with E-state index in [4.69, 9.17) is 14.0 Å². The Labute approximate surface area is 260 Å². The first-order chi connectivity index (χ1) is 21.3. The van der Waals surface area contributed by atoms with Gasteiger partial charge in [0.25, 0.3) is 0 Å². The number of hydrogen-bond donors (Lipinski definition) is 0. The Morgan fingerprint density at radius 1 is 0.372 bits per heavy atom. The van der Waals surface area contributed by atoms with Gasteiger partial charge in [0.15, 0.2) is 0 Å². The minimum Gasteiger partial charge on any atom is -0.379 e. The van der Waals surface area contributed by atoms with Crippen LogP contribution in [0.3, 0.4) is 0 Å². The van der Waals surface area contributed by atoms with Gasteiger partial charge in [-0.15, -0.1) is 0 Å². The van der Waals surface area contributed by atoms with E-state index < -0.39 is 7.32 Å². The Kier molecular flexibility index (Phi) is 11.4. The number of hydrogen-bond acceptors (Lipinski definition) is 3. The van der Waals surface area contributed by atoms with Crippen molar-refractivity contribution in [3.05, 3.63) is 108 Å². The maximum atomic E-state index is 7.22. The molecule has 0 bridgehead atoms. The molecule has 4 heteroatoms. The molecule has 0 amide bonds. The molecular weight excluding hydrogens is 527 g/mol. The van der Waals surface area contributed by atoms with Crippen LogP contribution in [0.15, 0.2) is 91.0 Å². The molecule has 3 aromatic carbocycles. The van der Waals surface area contributed by atoms with E-state index in [9.17, 15) is 0 Å². The molecular formula is C39H51BO3. The normalized spacial score (nSPS) is 21.2. The van der Waals surface area contributed by atoms with Crippen molar-refractivity contribution in [2.45, 2.75) is 115 Å². The van der Waals surface area contributed by atoms with E-state index in [0.29, 0.717) is 17.8 Å². The van der Waals surface area contributed by atoms with E-state index in [1.807, 2.05) is 0 Å². The third-order valence-corrected chi connectivity index (χ3v) is 10.4. The fourth-order valence-electron chi connectivity index (χ4n) is 8.08. The van der Waals surface area contributed by atoms with Crippen LogP contribution >= 0.6 is 0 Å². The Morgan fingerprint density at radius 3 is 0.884 bits per heavy atom. The molecule has 6 rings (SSSR count). The quantitative estimate of drug-likeness (QED) is 0.200. The van der Waals surface area contributed by atoms with Crippen LogP contribution in [0.4, 0.5) is 0 Å². The summed E-state index contributed by atoms with van der Waals surface area (Å²) in [6, 6.07) is 32.6. The molecule has 3 saturated carbocycles. The highest BCUT2D eigenvalue weighted by Crippen LogP contribution is 2.43. The summed E-state index contributed by atoms with van der Waals surface area (Å²) >= 11 is 0. The zero-order valence-corrected chi connectivity index (χ0v) is 26.0. The molecule has 43 heavy (non-hydrogen) atoms. The van der Waals surface area contributed by atoms with E-state index >= 15 is 0 Å². The molecule has 3 nitrogen and oxygen atoms in total. The summed E-state index contributed by atoms with van der Waals surface area (Å²) < 4.78 is 21.7. The predicted molar refractivity (Wildman–Crippen MR) is 176 cm³/mol. The summed E-state index contributed by atoms with van der Waals surface area (Å²) in [5.74, 6) is 1.42. The summed E-state index contributed by atoms with van der Waals surface area (Å²) in [5, 5.41) is 0. The van der Waals surface area contributed by atoms with Crippen molar-refractivity contribution in [2.75, 3.05) is 0 Å². The third kappa shape index (κ3) is 8.41. The lowest BCUT2D eigenvalue weighted by atomic mass is 9.80. The number of benzene rings is 3. The van der Waals surface area contributed by atoms with E-state index in [-0.39, 0.29) is 18.3 Å². The van der Waals surface area contributed by atoms with Crippen molar-refractivity contribution in [2.24, 2.45) is 17.8 Å². The molecule has 0 spiro atoms. The van der Waals surface area contributed by atoms with Crippen LogP contribution in [0.5, 0.6) is 0 Å². The lowest BCUT2D eigenvalue weighted by molar-refractivity contribution is -0.0448. The van der Waals surface area contributed by atoms with Gasteiger partial charge < -0.3 is 14.0 Å². The van der Waals surface area contributed by atoms with Gasteiger partial charge in [-0.3, -0.25) is 0 Å². The fraction of sp³-hybridized carbons (Fsp3) is 0.538. The molecule has 3 atom stereocenters. The van der Waals surface area contributed by atoms with Crippen LogP contribution < -0.4 is 0 Å². The first-order valence-corrected chi connectivity index (χ1v) is 17.5. The number of rotatable bonds is 12. The van der Waals surface area contributed by atoms with E-state index in [1.165, 1.54) is 113 Å². The van der Waals surface area contributed by atoms with E-state index in [1.54, 1.807) is 0 Å². The smallest absolute Gasteiger partial charge is 0.379 e. The van der Waals surface area contributed by atoms with Gasteiger partial charge in [-0.2, -0.15) is 0 Å². The topological polar surface area (TPSA) is 27.7 Å². The third-order valence-electron chi connectivity index (χ3n) is 10.4. The Balaban J connectivity index is 1.35. The molecule has 3 aliphatic carbocycles. The van der Waals surface area contributed by atoms with Crippen LogP contribution in [-0.2, 0) is 14.0 Å². The molecule has 3 fully saturated rings. The van der Waals surface area contributed by atoms with Crippen molar-refractivity contribution in [3.63, 3.8) is 0 Å². The Morgan fingerprint density at radius 2 is 0.628 bits per heavy atom. The molecule has 0 aliphatic heterocycles. The molecule has 0 heterocycles. The Bertz CT molecular complexity index is 1020. The van der Waals surface area contributed by atoms with Gasteiger partial charge >= 0.3 is 7.32 Å². The van der Waals surface area contributed by atoms with Gasteiger partial charge in [-0.25, -0.2) is 0 Å². The average molecular weight is 579 g/mol. The minimum absolute atomic E-state index is 0.0444. The van der Waals surface area contributed by atoms with Crippen LogP contribution in [0.2, 0.25) is 0 Å². The van der Waals surface area contributed by atoms with Crippen molar-refractivity contribution in [1.29, 1.82) is 0 Å². The van der Waals surface area contributed by atoms with Gasteiger partial charge in [0.05, 0.1) is 18.3 Å². The highest BCUT2D eigenvalue weighted by molar-refractivity contribution is 6.36. The standard InChI is InChI=1S/C39H51BO3/c1-7-19-31(20-8-1)37(32-21-9-2-10-22-32)41-40(42-38(33-23-11-3-12-24-33)34-25-13-4-14-26-34)43-39(35-27-15-5-16-28-35)36-29-17-6-18-30-36/h1,3,5,7-8,11-12,15-16,19-20,23-24,27-28,32,34,36-39H,2,4,6,9-10,13-14,17-18,21-22,25-26,29-30H2. The predicted octanol–water partition coefficient (Wildman–Crippen LogP) is 11.0. The molecule has 0 saturated heterocycles. The van der Waals surface area contributed by atoms with Gasteiger partial charge in [-0.1, -0.05) is 149 Å². The summed E-state index contributed by atoms with van der Waals surface area (Å²) in [5.41, 5.74) is 3.73. The highest BCUT2D eigenvalue weighted by atomic mass is 16.7. The van der Waals surface area contributed by atoms with E-state index in [0.717, 1.165) is 0 Å². The van der Waals surface area contributed by atoms with Crippen LogP contribution in [0, 0.1) is 17.8 Å². The minimum atomic E-state index is -0.744. The lowest BCUT2D eigenvalue weighted by Crippen LogP contribution is -2.38.